The van der Waals surface area contributed by atoms with E-state index < -0.39 is 5.41 Å². The molecule has 0 unspecified atom stereocenters. The highest BCUT2D eigenvalue weighted by molar-refractivity contribution is 6.08. The van der Waals surface area contributed by atoms with Gasteiger partial charge < -0.3 is 5.32 Å². The van der Waals surface area contributed by atoms with E-state index in [1.165, 1.54) is 0 Å². The normalized spacial score (nSPS) is 18.9. The molecule has 2 aromatic carbocycles. The third-order valence-corrected chi connectivity index (χ3v) is 4.24. The van der Waals surface area contributed by atoms with Gasteiger partial charge in [-0.25, -0.2) is 0 Å². The number of carbonyl (C=O) groups excluding carboxylic acids is 2. The van der Waals surface area contributed by atoms with E-state index in [9.17, 15) is 9.59 Å². The molecule has 0 bridgehead atoms. The van der Waals surface area contributed by atoms with E-state index in [1.54, 1.807) is 12.2 Å². The predicted octanol–water partition coefficient (Wildman–Crippen LogP) is 3.11. The number of nitrogens with one attached hydrogen (secondary N) is 1. The van der Waals surface area contributed by atoms with Crippen LogP contribution in [0, 0.1) is 0 Å². The number of allylic oxidation sites excluding steroid dienone is 4. The van der Waals surface area contributed by atoms with Crippen LogP contribution in [0.4, 0.5) is 5.69 Å². The summed E-state index contributed by atoms with van der Waals surface area (Å²) in [6.07, 6.45) is 7.14. The average Bonchev–Trinajstić information content (AvgIpc) is 2.50. The highest BCUT2D eigenvalue weighted by Crippen LogP contribution is 2.44. The lowest BCUT2D eigenvalue weighted by molar-refractivity contribution is -0.117. The van der Waals surface area contributed by atoms with Gasteiger partial charge in [0, 0.05) is 17.2 Å². The van der Waals surface area contributed by atoms with Crippen LogP contribution in [0.25, 0.3) is 10.8 Å². The first-order valence-corrected chi connectivity index (χ1v) is 6.92. The van der Waals surface area contributed by atoms with Crippen LogP contribution in [0.1, 0.15) is 12.0 Å². The number of rotatable bonds is 0. The Morgan fingerprint density at radius 2 is 1.71 bits per heavy atom. The van der Waals surface area contributed by atoms with Gasteiger partial charge in [0.25, 0.3) is 0 Å². The molecule has 0 aromatic heterocycles. The highest BCUT2D eigenvalue weighted by atomic mass is 16.1. The van der Waals surface area contributed by atoms with Crippen molar-refractivity contribution in [2.24, 2.45) is 0 Å². The SMILES string of the molecule is O=C1C=CC2(C=C1)CC(=O)Nc1c2ccc2ccccc12. The van der Waals surface area contributed by atoms with E-state index in [0.717, 1.165) is 22.0 Å². The first-order chi connectivity index (χ1) is 10.2. The van der Waals surface area contributed by atoms with Gasteiger partial charge in [-0.05, 0) is 23.1 Å². The van der Waals surface area contributed by atoms with Gasteiger partial charge in [0.05, 0.1) is 5.69 Å². The van der Waals surface area contributed by atoms with Gasteiger partial charge in [0.2, 0.25) is 5.91 Å². The lowest BCUT2D eigenvalue weighted by Crippen LogP contribution is -2.35. The third kappa shape index (κ3) is 1.74. The summed E-state index contributed by atoms with van der Waals surface area (Å²) in [7, 11) is 0. The minimum absolute atomic E-state index is 0.0255. The van der Waals surface area contributed by atoms with Crippen LogP contribution in [0.3, 0.4) is 0 Å². The molecule has 0 atom stereocenters. The molecule has 4 rings (SSSR count). The zero-order chi connectivity index (χ0) is 14.4. The Morgan fingerprint density at radius 1 is 0.952 bits per heavy atom. The number of hydrogen-bond donors (Lipinski definition) is 1. The van der Waals surface area contributed by atoms with Crippen molar-refractivity contribution in [1.29, 1.82) is 0 Å². The van der Waals surface area contributed by atoms with Crippen molar-refractivity contribution >= 4 is 28.2 Å². The van der Waals surface area contributed by atoms with Crippen LogP contribution < -0.4 is 5.32 Å². The van der Waals surface area contributed by atoms with E-state index in [-0.39, 0.29) is 11.7 Å². The summed E-state index contributed by atoms with van der Waals surface area (Å²) in [6, 6.07) is 12.1. The van der Waals surface area contributed by atoms with Crippen LogP contribution in [0.2, 0.25) is 0 Å². The second-order valence-corrected chi connectivity index (χ2v) is 5.54. The summed E-state index contributed by atoms with van der Waals surface area (Å²) in [5.41, 5.74) is 1.39. The fraction of sp³-hybridized carbons (Fsp3) is 0.111. The third-order valence-electron chi connectivity index (χ3n) is 4.24. The van der Waals surface area contributed by atoms with Crippen molar-refractivity contribution in [2.75, 3.05) is 5.32 Å². The van der Waals surface area contributed by atoms with Gasteiger partial charge in [-0.1, -0.05) is 48.6 Å². The Balaban J connectivity index is 2.02. The zero-order valence-corrected chi connectivity index (χ0v) is 11.3. The van der Waals surface area contributed by atoms with Gasteiger partial charge in [0.1, 0.15) is 0 Å². The van der Waals surface area contributed by atoms with Crippen molar-refractivity contribution in [3.8, 4) is 0 Å². The molecule has 0 saturated heterocycles. The van der Waals surface area contributed by atoms with Crippen molar-refractivity contribution in [1.82, 2.24) is 0 Å². The molecule has 1 spiro atoms. The van der Waals surface area contributed by atoms with E-state index in [0.29, 0.717) is 6.42 Å². The number of hydrogen-bond acceptors (Lipinski definition) is 2. The average molecular weight is 275 g/mol. The fourth-order valence-electron chi connectivity index (χ4n) is 3.21. The molecule has 1 aliphatic heterocycles. The van der Waals surface area contributed by atoms with Crippen LogP contribution in [-0.4, -0.2) is 11.7 Å². The molecule has 1 N–H and O–H groups in total. The Morgan fingerprint density at radius 3 is 2.52 bits per heavy atom. The van der Waals surface area contributed by atoms with Crippen molar-refractivity contribution in [3.05, 3.63) is 66.3 Å². The molecule has 1 heterocycles. The lowest BCUT2D eigenvalue weighted by Gasteiger charge is -2.35. The van der Waals surface area contributed by atoms with Gasteiger partial charge in [-0.3, -0.25) is 9.59 Å². The topological polar surface area (TPSA) is 46.2 Å². The van der Waals surface area contributed by atoms with Crippen LogP contribution in [0.5, 0.6) is 0 Å². The molecule has 0 saturated carbocycles. The molecule has 2 aromatic rings. The molecule has 102 valence electrons. The monoisotopic (exact) mass is 275 g/mol. The molecule has 2 aliphatic rings. The second kappa shape index (κ2) is 4.16. The Labute approximate surface area is 122 Å². The van der Waals surface area contributed by atoms with E-state index in [4.69, 9.17) is 0 Å². The number of amides is 1. The number of carbonyl (C=O) groups is 2. The number of anilines is 1. The summed E-state index contributed by atoms with van der Waals surface area (Å²) < 4.78 is 0. The van der Waals surface area contributed by atoms with Crippen LogP contribution >= 0.6 is 0 Å². The van der Waals surface area contributed by atoms with E-state index >= 15 is 0 Å². The molecular weight excluding hydrogens is 262 g/mol. The zero-order valence-electron chi connectivity index (χ0n) is 11.3. The molecular formula is C18H13NO2. The standard InChI is InChI=1S/C18H13NO2/c20-13-7-9-18(10-8-13)11-16(21)19-17-14-4-2-1-3-12(14)5-6-15(17)18/h1-10H,11H2,(H,19,21). The Bertz CT molecular complexity index is 829. The van der Waals surface area contributed by atoms with Crippen molar-refractivity contribution in [3.63, 3.8) is 0 Å². The van der Waals surface area contributed by atoms with Crippen LogP contribution in [0.15, 0.2) is 60.7 Å². The van der Waals surface area contributed by atoms with E-state index in [2.05, 4.69) is 11.4 Å². The predicted molar refractivity (Wildman–Crippen MR) is 82.2 cm³/mol. The second-order valence-electron chi connectivity index (χ2n) is 5.54. The maximum atomic E-state index is 12.2. The van der Waals surface area contributed by atoms with Gasteiger partial charge in [0.15, 0.2) is 5.78 Å². The molecule has 21 heavy (non-hydrogen) atoms. The van der Waals surface area contributed by atoms with E-state index in [1.807, 2.05) is 42.5 Å². The summed E-state index contributed by atoms with van der Waals surface area (Å²) in [4.78, 5) is 23.6. The molecule has 1 aliphatic carbocycles. The summed E-state index contributed by atoms with van der Waals surface area (Å²) >= 11 is 0. The van der Waals surface area contributed by atoms with Gasteiger partial charge in [-0.2, -0.15) is 0 Å². The Kier molecular flexibility index (Phi) is 2.39. The fourth-order valence-corrected chi connectivity index (χ4v) is 3.21. The lowest BCUT2D eigenvalue weighted by atomic mass is 9.71. The smallest absolute Gasteiger partial charge is 0.225 e. The first kappa shape index (κ1) is 12.1. The minimum atomic E-state index is -0.504. The quantitative estimate of drug-likeness (QED) is 0.803. The largest absolute Gasteiger partial charge is 0.325 e. The number of fused-ring (bicyclic) bond motifs is 4. The maximum absolute atomic E-state index is 12.2. The molecule has 1 amide bonds. The molecule has 3 nitrogen and oxygen atoms in total. The van der Waals surface area contributed by atoms with Gasteiger partial charge >= 0.3 is 0 Å². The molecule has 0 fully saturated rings. The number of ketones is 1. The summed E-state index contributed by atoms with van der Waals surface area (Å²) in [5.74, 6) is -0.0588. The maximum Gasteiger partial charge on any atom is 0.225 e. The summed E-state index contributed by atoms with van der Waals surface area (Å²) in [6.45, 7) is 0. The van der Waals surface area contributed by atoms with Gasteiger partial charge in [-0.15, -0.1) is 0 Å². The minimum Gasteiger partial charge on any atom is -0.325 e. The highest BCUT2D eigenvalue weighted by Gasteiger charge is 2.38. The summed E-state index contributed by atoms with van der Waals surface area (Å²) in [5, 5.41) is 5.11. The van der Waals surface area contributed by atoms with Crippen molar-refractivity contribution < 1.29 is 9.59 Å². The first-order valence-electron chi connectivity index (χ1n) is 6.92. The van der Waals surface area contributed by atoms with Crippen molar-refractivity contribution in [2.45, 2.75) is 11.8 Å². The number of benzene rings is 2. The van der Waals surface area contributed by atoms with Crippen LogP contribution in [-0.2, 0) is 15.0 Å². The molecule has 0 radical (unpaired) electrons. The molecule has 3 heteroatoms. The Hall–Kier alpha value is -2.68.